The molecule has 0 radical (unpaired) electrons. The molecule has 30 heavy (non-hydrogen) atoms. The second-order valence-corrected chi connectivity index (χ2v) is 7.07. The van der Waals surface area contributed by atoms with Crippen molar-refractivity contribution in [2.75, 3.05) is 5.32 Å². The molecule has 3 N–H and O–H groups in total. The second kappa shape index (κ2) is 8.50. The van der Waals surface area contributed by atoms with Crippen molar-refractivity contribution in [1.29, 1.82) is 5.26 Å². The van der Waals surface area contributed by atoms with Gasteiger partial charge in [0, 0.05) is 28.3 Å². The van der Waals surface area contributed by atoms with Gasteiger partial charge in [0.05, 0.1) is 0 Å². The van der Waals surface area contributed by atoms with Crippen LogP contribution in [0.25, 0.3) is 11.8 Å². The molecule has 2 aromatic carbocycles. The summed E-state index contributed by atoms with van der Waals surface area (Å²) >= 11 is 0. The lowest BCUT2D eigenvalue weighted by molar-refractivity contribution is -0.112. The van der Waals surface area contributed by atoms with Crippen LogP contribution in [0.2, 0.25) is 0 Å². The van der Waals surface area contributed by atoms with Gasteiger partial charge in [0.2, 0.25) is 5.91 Å². The predicted molar refractivity (Wildman–Crippen MR) is 117 cm³/mol. The lowest BCUT2D eigenvalue weighted by Crippen LogP contribution is -2.14. The van der Waals surface area contributed by atoms with E-state index in [0.29, 0.717) is 11.3 Å². The Labute approximate surface area is 175 Å². The predicted octanol–water partition coefficient (Wildman–Crippen LogP) is 4.05. The molecule has 0 aliphatic heterocycles. The first-order valence-corrected chi connectivity index (χ1v) is 9.39. The van der Waals surface area contributed by atoms with Crippen molar-refractivity contribution in [3.05, 3.63) is 88.2 Å². The lowest BCUT2D eigenvalue weighted by Gasteiger charge is -2.10. The van der Waals surface area contributed by atoms with E-state index in [4.69, 9.17) is 5.73 Å². The number of nitrogens with zero attached hydrogens (tertiary/aromatic N) is 2. The number of anilines is 1. The fourth-order valence-corrected chi connectivity index (χ4v) is 3.32. The molecule has 0 unspecified atom stereocenters. The van der Waals surface area contributed by atoms with E-state index in [1.54, 1.807) is 18.2 Å². The number of hydrogen-bond donors (Lipinski definition) is 2. The highest BCUT2D eigenvalue weighted by Crippen LogP contribution is 2.23. The zero-order valence-corrected chi connectivity index (χ0v) is 17.1. The van der Waals surface area contributed by atoms with E-state index in [9.17, 15) is 14.9 Å². The Morgan fingerprint density at radius 2 is 1.77 bits per heavy atom. The van der Waals surface area contributed by atoms with Gasteiger partial charge >= 0.3 is 0 Å². The van der Waals surface area contributed by atoms with E-state index in [-0.39, 0.29) is 5.57 Å². The van der Waals surface area contributed by atoms with Crippen LogP contribution in [-0.4, -0.2) is 16.4 Å². The van der Waals surface area contributed by atoms with E-state index in [1.807, 2.05) is 51.1 Å². The van der Waals surface area contributed by atoms with Gasteiger partial charge < -0.3 is 15.6 Å². The highest BCUT2D eigenvalue weighted by atomic mass is 16.2. The summed E-state index contributed by atoms with van der Waals surface area (Å²) in [6.07, 6.45) is 1.59. The maximum Gasteiger partial charge on any atom is 0.266 e. The van der Waals surface area contributed by atoms with E-state index >= 15 is 0 Å². The molecular formula is C24H22N4O2. The number of benzene rings is 2. The number of amides is 2. The summed E-state index contributed by atoms with van der Waals surface area (Å²) in [6, 6.07) is 18.2. The van der Waals surface area contributed by atoms with Crippen LogP contribution in [0.4, 0.5) is 5.69 Å². The smallest absolute Gasteiger partial charge is 0.266 e. The molecular weight excluding hydrogens is 376 g/mol. The number of aromatic nitrogens is 1. The van der Waals surface area contributed by atoms with Crippen LogP contribution in [0.1, 0.15) is 32.9 Å². The standard InChI is InChI=1S/C24H22N4O2/c1-15-5-4-6-22(11-15)28-16(2)12-19(17(28)3)13-20(14-25)24(30)27-21-9-7-18(8-10-21)23(26)29/h4-13H,1-3H3,(H2,26,29)(H,27,30)/b20-13+. The number of nitrogens with two attached hydrogens (primary N) is 1. The van der Waals surface area contributed by atoms with Crippen LogP contribution in [0, 0.1) is 32.1 Å². The summed E-state index contributed by atoms with van der Waals surface area (Å²) < 4.78 is 2.09. The number of carbonyl (C=O) groups is 2. The topological polar surface area (TPSA) is 101 Å². The van der Waals surface area contributed by atoms with Crippen molar-refractivity contribution in [1.82, 2.24) is 4.57 Å². The molecule has 2 amide bonds. The van der Waals surface area contributed by atoms with Gasteiger partial charge in [0.1, 0.15) is 11.6 Å². The van der Waals surface area contributed by atoms with Crippen LogP contribution in [-0.2, 0) is 4.79 Å². The molecule has 3 rings (SSSR count). The average Bonchev–Trinajstić information content (AvgIpc) is 2.99. The van der Waals surface area contributed by atoms with Crippen molar-refractivity contribution < 1.29 is 9.59 Å². The first-order valence-electron chi connectivity index (χ1n) is 9.39. The molecule has 0 spiro atoms. The summed E-state index contributed by atoms with van der Waals surface area (Å²) in [4.78, 5) is 23.7. The number of aryl methyl sites for hydroxylation is 2. The van der Waals surface area contributed by atoms with Gasteiger partial charge in [-0.1, -0.05) is 12.1 Å². The molecule has 0 bridgehead atoms. The van der Waals surface area contributed by atoms with Crippen molar-refractivity contribution in [3.8, 4) is 11.8 Å². The quantitative estimate of drug-likeness (QED) is 0.501. The number of primary amides is 1. The van der Waals surface area contributed by atoms with Gasteiger partial charge in [-0.15, -0.1) is 0 Å². The molecule has 150 valence electrons. The first kappa shape index (κ1) is 20.6. The van der Waals surface area contributed by atoms with E-state index < -0.39 is 11.8 Å². The van der Waals surface area contributed by atoms with Crippen molar-refractivity contribution in [3.63, 3.8) is 0 Å². The summed E-state index contributed by atoms with van der Waals surface area (Å²) in [6.45, 7) is 5.97. The molecule has 1 heterocycles. The van der Waals surface area contributed by atoms with Crippen molar-refractivity contribution >= 4 is 23.6 Å². The number of nitriles is 1. The normalized spacial score (nSPS) is 11.1. The number of hydrogen-bond acceptors (Lipinski definition) is 3. The molecule has 3 aromatic rings. The third-order valence-electron chi connectivity index (χ3n) is 4.82. The summed E-state index contributed by atoms with van der Waals surface area (Å²) in [5, 5.41) is 12.2. The molecule has 6 nitrogen and oxygen atoms in total. The first-order chi connectivity index (χ1) is 14.3. The van der Waals surface area contributed by atoms with Crippen molar-refractivity contribution in [2.24, 2.45) is 5.73 Å². The monoisotopic (exact) mass is 398 g/mol. The zero-order chi connectivity index (χ0) is 21.8. The Morgan fingerprint density at radius 1 is 1.07 bits per heavy atom. The maximum absolute atomic E-state index is 12.6. The van der Waals surface area contributed by atoms with E-state index in [1.165, 1.54) is 12.1 Å². The van der Waals surface area contributed by atoms with Crippen LogP contribution >= 0.6 is 0 Å². The van der Waals surface area contributed by atoms with Gasteiger partial charge in [-0.05, 0) is 80.4 Å². The van der Waals surface area contributed by atoms with Gasteiger partial charge in [-0.25, -0.2) is 0 Å². The third-order valence-corrected chi connectivity index (χ3v) is 4.82. The highest BCUT2D eigenvalue weighted by molar-refractivity contribution is 6.10. The van der Waals surface area contributed by atoms with Gasteiger partial charge in [-0.3, -0.25) is 9.59 Å². The van der Waals surface area contributed by atoms with Crippen molar-refractivity contribution in [2.45, 2.75) is 20.8 Å². The molecule has 0 aliphatic rings. The largest absolute Gasteiger partial charge is 0.366 e. The fraction of sp³-hybridized carbons (Fsp3) is 0.125. The zero-order valence-electron chi connectivity index (χ0n) is 17.1. The van der Waals surface area contributed by atoms with Crippen LogP contribution < -0.4 is 11.1 Å². The average molecular weight is 398 g/mol. The second-order valence-electron chi connectivity index (χ2n) is 7.07. The van der Waals surface area contributed by atoms with E-state index in [0.717, 1.165) is 28.2 Å². The molecule has 0 fully saturated rings. The van der Waals surface area contributed by atoms with Crippen LogP contribution in [0.15, 0.2) is 60.2 Å². The Balaban J connectivity index is 1.89. The minimum Gasteiger partial charge on any atom is -0.366 e. The highest BCUT2D eigenvalue weighted by Gasteiger charge is 2.14. The minimum atomic E-state index is -0.547. The summed E-state index contributed by atoms with van der Waals surface area (Å²) in [5.74, 6) is -1.07. The van der Waals surface area contributed by atoms with Gasteiger partial charge in [0.25, 0.3) is 5.91 Å². The maximum atomic E-state index is 12.6. The Hall–Kier alpha value is -4.11. The number of carbonyl (C=O) groups excluding carboxylic acids is 2. The molecule has 1 aromatic heterocycles. The fourth-order valence-electron chi connectivity index (χ4n) is 3.32. The van der Waals surface area contributed by atoms with Crippen LogP contribution in [0.3, 0.4) is 0 Å². The Morgan fingerprint density at radius 3 is 2.37 bits per heavy atom. The summed E-state index contributed by atoms with van der Waals surface area (Å²) in [5.41, 5.74) is 10.9. The molecule has 6 heteroatoms. The Bertz CT molecular complexity index is 1190. The van der Waals surface area contributed by atoms with E-state index in [2.05, 4.69) is 16.0 Å². The lowest BCUT2D eigenvalue weighted by atomic mass is 10.1. The number of nitrogens with one attached hydrogen (secondary N) is 1. The molecule has 0 atom stereocenters. The SMILES string of the molecule is Cc1cccc(-n2c(C)cc(/C=C(\C#N)C(=O)Nc3ccc(C(N)=O)cc3)c2C)c1. The molecule has 0 aliphatic carbocycles. The Kier molecular flexibility index (Phi) is 5.84. The third kappa shape index (κ3) is 4.31. The molecule has 0 saturated carbocycles. The summed E-state index contributed by atoms with van der Waals surface area (Å²) in [7, 11) is 0. The number of rotatable bonds is 5. The van der Waals surface area contributed by atoms with Crippen LogP contribution in [0.5, 0.6) is 0 Å². The minimum absolute atomic E-state index is 0.0153. The molecule has 0 saturated heterocycles. The van der Waals surface area contributed by atoms with Gasteiger partial charge in [-0.2, -0.15) is 5.26 Å². The van der Waals surface area contributed by atoms with Gasteiger partial charge in [0.15, 0.2) is 0 Å².